The Labute approximate surface area is 178 Å². The van der Waals surface area contributed by atoms with Crippen LogP contribution < -0.4 is 4.74 Å². The number of benzene rings is 1. The summed E-state index contributed by atoms with van der Waals surface area (Å²) in [7, 11) is 0. The molecule has 5 rings (SSSR count). The van der Waals surface area contributed by atoms with Gasteiger partial charge in [-0.2, -0.15) is 0 Å². The van der Waals surface area contributed by atoms with E-state index in [9.17, 15) is 14.7 Å². The molecule has 0 radical (unpaired) electrons. The maximum Gasteiger partial charge on any atom is 0.306 e. The van der Waals surface area contributed by atoms with Crippen molar-refractivity contribution >= 4 is 11.9 Å². The van der Waals surface area contributed by atoms with Crippen LogP contribution in [-0.4, -0.2) is 41.1 Å². The highest BCUT2D eigenvalue weighted by Crippen LogP contribution is 2.50. The van der Waals surface area contributed by atoms with Crippen molar-refractivity contribution in [1.29, 1.82) is 0 Å². The summed E-state index contributed by atoms with van der Waals surface area (Å²) in [6.45, 7) is 3.64. The zero-order chi connectivity index (χ0) is 20.8. The van der Waals surface area contributed by atoms with Gasteiger partial charge in [-0.05, 0) is 67.9 Å². The van der Waals surface area contributed by atoms with Gasteiger partial charge in [-0.25, -0.2) is 0 Å². The fraction of sp³-hybridized carbons (Fsp3) is 0.680. The van der Waals surface area contributed by atoms with Gasteiger partial charge in [0.2, 0.25) is 5.91 Å². The number of rotatable bonds is 5. The number of piperidine rings is 1. The second-order valence-corrected chi connectivity index (χ2v) is 9.97. The SMILES string of the molecule is CC(CC(=O)N1CCCC2C(C(=O)O)CCCC21)C1COc2cccc(C3CC3)c21. The number of hydrogen-bond acceptors (Lipinski definition) is 3. The highest BCUT2D eigenvalue weighted by atomic mass is 16.5. The topological polar surface area (TPSA) is 66.8 Å². The molecule has 5 heteroatoms. The lowest BCUT2D eigenvalue weighted by Crippen LogP contribution is -2.53. The number of fused-ring (bicyclic) bond motifs is 2. The molecule has 1 N–H and O–H groups in total. The van der Waals surface area contributed by atoms with Gasteiger partial charge in [0, 0.05) is 30.5 Å². The molecule has 5 atom stereocenters. The third-order valence-corrected chi connectivity index (χ3v) is 8.09. The van der Waals surface area contributed by atoms with Gasteiger partial charge in [-0.3, -0.25) is 9.59 Å². The van der Waals surface area contributed by atoms with Crippen LogP contribution in [0.1, 0.15) is 81.3 Å². The van der Waals surface area contributed by atoms with E-state index >= 15 is 0 Å². The smallest absolute Gasteiger partial charge is 0.306 e. The Bertz CT molecular complexity index is 832. The number of carbonyl (C=O) groups excluding carboxylic acids is 1. The largest absolute Gasteiger partial charge is 0.493 e. The molecule has 1 aromatic carbocycles. The third kappa shape index (κ3) is 3.50. The van der Waals surface area contributed by atoms with Crippen LogP contribution in [0.25, 0.3) is 0 Å². The molecule has 0 spiro atoms. The van der Waals surface area contributed by atoms with Crippen LogP contribution in [0.4, 0.5) is 0 Å². The number of carboxylic acid groups (broad SMARTS) is 1. The zero-order valence-electron chi connectivity index (χ0n) is 17.9. The summed E-state index contributed by atoms with van der Waals surface area (Å²) in [5.74, 6) is 1.55. The van der Waals surface area contributed by atoms with E-state index < -0.39 is 5.97 Å². The number of hydrogen-bond donors (Lipinski definition) is 1. The van der Waals surface area contributed by atoms with Crippen LogP contribution in [0.15, 0.2) is 18.2 Å². The molecular formula is C25H33NO4. The van der Waals surface area contributed by atoms with E-state index in [4.69, 9.17) is 4.74 Å². The molecule has 1 saturated heterocycles. The lowest BCUT2D eigenvalue weighted by Gasteiger charge is -2.46. The van der Waals surface area contributed by atoms with Crippen molar-refractivity contribution < 1.29 is 19.4 Å². The Morgan fingerprint density at radius 2 is 2.00 bits per heavy atom. The summed E-state index contributed by atoms with van der Waals surface area (Å²) in [6.07, 6.45) is 7.53. The van der Waals surface area contributed by atoms with Gasteiger partial charge < -0.3 is 14.7 Å². The van der Waals surface area contributed by atoms with E-state index in [0.29, 0.717) is 18.9 Å². The van der Waals surface area contributed by atoms with Crippen LogP contribution in [0, 0.1) is 17.8 Å². The average molecular weight is 412 g/mol. The first-order valence-corrected chi connectivity index (χ1v) is 11.8. The van der Waals surface area contributed by atoms with Crippen LogP contribution in [-0.2, 0) is 9.59 Å². The van der Waals surface area contributed by atoms with Gasteiger partial charge in [0.25, 0.3) is 0 Å². The summed E-state index contributed by atoms with van der Waals surface area (Å²) in [6, 6.07) is 6.53. The molecule has 1 amide bonds. The van der Waals surface area contributed by atoms with E-state index in [1.165, 1.54) is 24.0 Å². The Kier molecular flexibility index (Phi) is 5.24. The summed E-state index contributed by atoms with van der Waals surface area (Å²) in [5.41, 5.74) is 2.78. The Morgan fingerprint density at radius 3 is 2.77 bits per heavy atom. The highest BCUT2D eigenvalue weighted by molar-refractivity contribution is 5.77. The lowest BCUT2D eigenvalue weighted by molar-refractivity contribution is -0.152. The van der Waals surface area contributed by atoms with Crippen molar-refractivity contribution in [3.8, 4) is 5.75 Å². The minimum atomic E-state index is -0.681. The van der Waals surface area contributed by atoms with Crippen molar-refractivity contribution in [3.05, 3.63) is 29.3 Å². The molecule has 0 bridgehead atoms. The van der Waals surface area contributed by atoms with Crippen LogP contribution in [0.2, 0.25) is 0 Å². The first-order valence-electron chi connectivity index (χ1n) is 11.8. The number of carbonyl (C=O) groups is 2. The van der Waals surface area contributed by atoms with E-state index in [1.807, 2.05) is 4.90 Å². The fourth-order valence-electron chi connectivity index (χ4n) is 6.38. The van der Waals surface area contributed by atoms with Gasteiger partial charge in [-0.1, -0.05) is 25.5 Å². The van der Waals surface area contributed by atoms with E-state index in [2.05, 4.69) is 25.1 Å². The predicted molar refractivity (Wildman–Crippen MR) is 114 cm³/mol. The summed E-state index contributed by atoms with van der Waals surface area (Å²) < 4.78 is 6.01. The summed E-state index contributed by atoms with van der Waals surface area (Å²) in [5, 5.41) is 9.64. The molecule has 0 aromatic heterocycles. The van der Waals surface area contributed by atoms with E-state index in [0.717, 1.165) is 44.4 Å². The number of amides is 1. The number of aliphatic carboxylic acids is 1. The molecule has 5 unspecified atom stereocenters. The number of nitrogens with zero attached hydrogens (tertiary/aromatic N) is 1. The Hall–Kier alpha value is -2.04. The Balaban J connectivity index is 1.30. The fourth-order valence-corrected chi connectivity index (χ4v) is 6.38. The number of carboxylic acids is 1. The van der Waals surface area contributed by atoms with Crippen molar-refractivity contribution in [1.82, 2.24) is 4.90 Å². The predicted octanol–water partition coefficient (Wildman–Crippen LogP) is 4.56. The molecule has 5 nitrogen and oxygen atoms in total. The van der Waals surface area contributed by atoms with Crippen molar-refractivity contribution in [3.63, 3.8) is 0 Å². The standard InChI is InChI=1S/C25H33NO4/c1-15(20-14-30-22-9-3-5-17(24(20)22)16-10-11-16)13-23(27)26-12-4-7-18-19(25(28)29)6-2-8-21(18)26/h3,5,9,15-16,18-21H,2,4,6-8,10-14H2,1H3,(H,28,29). The molecule has 4 aliphatic rings. The average Bonchev–Trinajstić information content (AvgIpc) is 3.50. The van der Waals surface area contributed by atoms with Gasteiger partial charge >= 0.3 is 5.97 Å². The van der Waals surface area contributed by atoms with Crippen molar-refractivity contribution in [2.45, 2.75) is 76.2 Å². The number of likely N-dealkylation sites (tertiary alicyclic amines) is 1. The molecule has 30 heavy (non-hydrogen) atoms. The summed E-state index contributed by atoms with van der Waals surface area (Å²) in [4.78, 5) is 27.2. The van der Waals surface area contributed by atoms with E-state index in [-0.39, 0.29) is 35.6 Å². The maximum absolute atomic E-state index is 13.4. The van der Waals surface area contributed by atoms with Crippen LogP contribution in [0.3, 0.4) is 0 Å². The quantitative estimate of drug-likeness (QED) is 0.771. The summed E-state index contributed by atoms with van der Waals surface area (Å²) >= 11 is 0. The van der Waals surface area contributed by atoms with Gasteiger partial charge in [0.05, 0.1) is 12.5 Å². The normalized spacial score (nSPS) is 31.4. The minimum absolute atomic E-state index is 0.113. The Morgan fingerprint density at radius 1 is 1.17 bits per heavy atom. The zero-order valence-corrected chi connectivity index (χ0v) is 17.9. The molecule has 2 aliphatic heterocycles. The van der Waals surface area contributed by atoms with Crippen LogP contribution in [0.5, 0.6) is 5.75 Å². The minimum Gasteiger partial charge on any atom is -0.493 e. The molecule has 162 valence electrons. The molecule has 3 fully saturated rings. The third-order valence-electron chi connectivity index (χ3n) is 8.09. The first kappa shape index (κ1) is 19.9. The highest BCUT2D eigenvalue weighted by Gasteiger charge is 2.44. The van der Waals surface area contributed by atoms with E-state index in [1.54, 1.807) is 0 Å². The molecule has 2 heterocycles. The molecule has 2 aliphatic carbocycles. The molecular weight excluding hydrogens is 378 g/mol. The maximum atomic E-state index is 13.4. The molecule has 1 aromatic rings. The van der Waals surface area contributed by atoms with Crippen molar-refractivity contribution in [2.24, 2.45) is 17.8 Å². The van der Waals surface area contributed by atoms with Gasteiger partial charge in [-0.15, -0.1) is 0 Å². The van der Waals surface area contributed by atoms with Crippen molar-refractivity contribution in [2.75, 3.05) is 13.2 Å². The molecule has 2 saturated carbocycles. The van der Waals surface area contributed by atoms with Gasteiger partial charge in [0.1, 0.15) is 5.75 Å². The lowest BCUT2D eigenvalue weighted by atomic mass is 9.71. The first-order chi connectivity index (χ1) is 14.5. The second-order valence-electron chi connectivity index (χ2n) is 9.97. The number of ether oxygens (including phenoxy) is 1. The monoisotopic (exact) mass is 411 g/mol. The second kappa shape index (κ2) is 7.90. The van der Waals surface area contributed by atoms with Crippen LogP contribution >= 0.6 is 0 Å². The van der Waals surface area contributed by atoms with Gasteiger partial charge in [0.15, 0.2) is 0 Å².